The van der Waals surface area contributed by atoms with Gasteiger partial charge in [0.05, 0.1) is 18.3 Å². The second kappa shape index (κ2) is 11.8. The van der Waals surface area contributed by atoms with Crippen molar-refractivity contribution in [1.82, 2.24) is 0 Å². The van der Waals surface area contributed by atoms with Crippen LogP contribution in [-0.4, -0.2) is 39.6 Å². The lowest BCUT2D eigenvalue weighted by atomic mass is 9.89. The fourth-order valence-corrected chi connectivity index (χ4v) is 3.75. The molecule has 154 valence electrons. The van der Waals surface area contributed by atoms with Crippen molar-refractivity contribution in [2.45, 2.75) is 63.3 Å². The summed E-state index contributed by atoms with van der Waals surface area (Å²) in [5.41, 5.74) is 1.17. The molecule has 5 heteroatoms. The first-order chi connectivity index (χ1) is 13.5. The number of carboxylic acids is 1. The van der Waals surface area contributed by atoms with Crippen LogP contribution in [0.3, 0.4) is 0 Å². The van der Waals surface area contributed by atoms with E-state index in [1.165, 1.54) is 5.56 Å². The molecule has 0 aliphatic heterocycles. The highest BCUT2D eigenvalue weighted by atomic mass is 16.4. The summed E-state index contributed by atoms with van der Waals surface area (Å²) in [6.07, 6.45) is 9.17. The Labute approximate surface area is 167 Å². The van der Waals surface area contributed by atoms with Gasteiger partial charge >= 0.3 is 0 Å². The number of allylic oxidation sites excluding steroid dienone is 2. The highest BCUT2D eigenvalue weighted by molar-refractivity contribution is 5.64. The van der Waals surface area contributed by atoms with Crippen molar-refractivity contribution >= 4 is 5.97 Å². The minimum Gasteiger partial charge on any atom is -0.550 e. The van der Waals surface area contributed by atoms with Gasteiger partial charge in [-0.2, -0.15) is 0 Å². The third-order valence-corrected chi connectivity index (χ3v) is 5.37. The van der Waals surface area contributed by atoms with Crippen LogP contribution in [0, 0.1) is 11.8 Å². The number of unbranched alkanes of at least 4 members (excludes halogenated alkanes) is 1. The van der Waals surface area contributed by atoms with E-state index < -0.39 is 24.3 Å². The largest absolute Gasteiger partial charge is 0.550 e. The van der Waals surface area contributed by atoms with Gasteiger partial charge in [-0.25, -0.2) is 0 Å². The SMILES string of the molecule is O=C([O-])CCC/C=C\C[C@@H]1[C@@H](/C=C/[C@@H](O)CCc2ccccc2)[C@H](O)C[C@@H]1O. The summed E-state index contributed by atoms with van der Waals surface area (Å²) >= 11 is 0. The molecular formula is C23H31O5-. The summed E-state index contributed by atoms with van der Waals surface area (Å²) in [5, 5.41) is 41.1. The van der Waals surface area contributed by atoms with Crippen LogP contribution in [0.1, 0.15) is 44.1 Å². The van der Waals surface area contributed by atoms with Gasteiger partial charge < -0.3 is 25.2 Å². The van der Waals surface area contributed by atoms with Gasteiger partial charge in [-0.1, -0.05) is 54.6 Å². The van der Waals surface area contributed by atoms with E-state index in [9.17, 15) is 25.2 Å². The molecule has 0 amide bonds. The Balaban J connectivity index is 1.82. The van der Waals surface area contributed by atoms with E-state index in [2.05, 4.69) is 0 Å². The van der Waals surface area contributed by atoms with Crippen LogP contribution >= 0.6 is 0 Å². The number of carbonyl (C=O) groups is 1. The summed E-state index contributed by atoms with van der Waals surface area (Å²) in [6.45, 7) is 0. The molecule has 1 aliphatic carbocycles. The van der Waals surface area contributed by atoms with Crippen molar-refractivity contribution in [1.29, 1.82) is 0 Å². The lowest BCUT2D eigenvalue weighted by Crippen LogP contribution is -2.21. The Morgan fingerprint density at radius 3 is 2.64 bits per heavy atom. The van der Waals surface area contributed by atoms with Crippen LogP contribution in [0.25, 0.3) is 0 Å². The van der Waals surface area contributed by atoms with Crippen LogP contribution in [0.2, 0.25) is 0 Å². The third kappa shape index (κ3) is 7.58. The zero-order chi connectivity index (χ0) is 20.4. The molecule has 0 aromatic heterocycles. The maximum atomic E-state index is 10.4. The molecule has 1 aromatic carbocycles. The zero-order valence-electron chi connectivity index (χ0n) is 16.2. The fraction of sp³-hybridized carbons (Fsp3) is 0.522. The summed E-state index contributed by atoms with van der Waals surface area (Å²) in [4.78, 5) is 10.4. The molecule has 5 nitrogen and oxygen atoms in total. The highest BCUT2D eigenvalue weighted by Gasteiger charge is 2.39. The predicted molar refractivity (Wildman–Crippen MR) is 106 cm³/mol. The van der Waals surface area contributed by atoms with Gasteiger partial charge in [0.25, 0.3) is 0 Å². The number of aryl methyl sites for hydroxylation is 1. The Kier molecular flexibility index (Phi) is 9.41. The second-order valence-corrected chi connectivity index (χ2v) is 7.56. The molecular weight excluding hydrogens is 356 g/mol. The van der Waals surface area contributed by atoms with Crippen molar-refractivity contribution in [3.05, 3.63) is 60.2 Å². The fourth-order valence-electron chi connectivity index (χ4n) is 3.75. The van der Waals surface area contributed by atoms with E-state index >= 15 is 0 Å². The number of aliphatic hydroxyl groups excluding tert-OH is 3. The number of aliphatic carboxylic acids is 1. The first kappa shape index (κ1) is 22.3. The number of rotatable bonds is 11. The molecule has 3 N–H and O–H groups in total. The zero-order valence-corrected chi connectivity index (χ0v) is 16.2. The second-order valence-electron chi connectivity index (χ2n) is 7.56. The van der Waals surface area contributed by atoms with E-state index in [1.807, 2.05) is 48.6 Å². The quantitative estimate of drug-likeness (QED) is 0.397. The van der Waals surface area contributed by atoms with Crippen molar-refractivity contribution in [3.63, 3.8) is 0 Å². The van der Waals surface area contributed by atoms with Crippen molar-refractivity contribution in [3.8, 4) is 0 Å². The monoisotopic (exact) mass is 387 g/mol. The van der Waals surface area contributed by atoms with Gasteiger partial charge in [0.1, 0.15) is 0 Å². The van der Waals surface area contributed by atoms with Crippen LogP contribution in [0.4, 0.5) is 0 Å². The number of hydrogen-bond donors (Lipinski definition) is 3. The third-order valence-electron chi connectivity index (χ3n) is 5.37. The molecule has 1 fully saturated rings. The van der Waals surface area contributed by atoms with Gasteiger partial charge in [0.15, 0.2) is 0 Å². The topological polar surface area (TPSA) is 101 Å². The smallest absolute Gasteiger partial charge is 0.0724 e. The molecule has 0 saturated heterocycles. The Bertz CT molecular complexity index is 640. The summed E-state index contributed by atoms with van der Waals surface area (Å²) in [6, 6.07) is 9.98. The maximum Gasteiger partial charge on any atom is 0.0724 e. The number of hydrogen-bond acceptors (Lipinski definition) is 5. The molecule has 0 heterocycles. The molecule has 1 aliphatic rings. The molecule has 5 atom stereocenters. The molecule has 1 saturated carbocycles. The molecule has 0 bridgehead atoms. The van der Waals surface area contributed by atoms with E-state index in [4.69, 9.17) is 0 Å². The summed E-state index contributed by atoms with van der Waals surface area (Å²) in [7, 11) is 0. The first-order valence-electron chi connectivity index (χ1n) is 10.1. The standard InChI is InChI=1S/C23H32O5/c24-18(13-12-17-8-4-3-5-9-17)14-15-20-19(21(25)16-22(20)26)10-6-1-2-7-11-23(27)28/h1,3-6,8-9,14-15,18-22,24-26H,2,7,10-13,16H2,(H,27,28)/p-1/b6-1-,15-14+/t18-,19+,20+,21-,22+/m0/s1. The van der Waals surface area contributed by atoms with Gasteiger partial charge in [0, 0.05) is 18.3 Å². The van der Waals surface area contributed by atoms with E-state index in [0.29, 0.717) is 32.1 Å². The normalized spacial score (nSPS) is 26.2. The number of carbonyl (C=O) groups excluding carboxylic acids is 1. The molecule has 0 unspecified atom stereocenters. The highest BCUT2D eigenvalue weighted by Crippen LogP contribution is 2.36. The van der Waals surface area contributed by atoms with Gasteiger partial charge in [0.2, 0.25) is 0 Å². The average molecular weight is 387 g/mol. The van der Waals surface area contributed by atoms with Crippen LogP contribution < -0.4 is 5.11 Å². The minimum atomic E-state index is -1.04. The lowest BCUT2D eigenvalue weighted by molar-refractivity contribution is -0.305. The van der Waals surface area contributed by atoms with Gasteiger partial charge in [-0.05, 0) is 50.0 Å². The van der Waals surface area contributed by atoms with Crippen molar-refractivity contribution < 1.29 is 25.2 Å². The average Bonchev–Trinajstić information content (AvgIpc) is 2.94. The molecule has 28 heavy (non-hydrogen) atoms. The lowest BCUT2D eigenvalue weighted by Gasteiger charge is -2.19. The number of aliphatic hydroxyl groups is 3. The summed E-state index contributed by atoms with van der Waals surface area (Å²) in [5.74, 6) is -1.35. The van der Waals surface area contributed by atoms with Crippen molar-refractivity contribution in [2.75, 3.05) is 0 Å². The van der Waals surface area contributed by atoms with E-state index in [-0.39, 0.29) is 18.3 Å². The molecule has 1 aromatic rings. The van der Waals surface area contributed by atoms with Crippen LogP contribution in [0.5, 0.6) is 0 Å². The van der Waals surface area contributed by atoms with Crippen LogP contribution in [0.15, 0.2) is 54.6 Å². The molecule has 0 spiro atoms. The Morgan fingerprint density at radius 1 is 1.18 bits per heavy atom. The van der Waals surface area contributed by atoms with E-state index in [0.717, 1.165) is 6.42 Å². The predicted octanol–water partition coefficient (Wildman–Crippen LogP) is 1.76. The van der Waals surface area contributed by atoms with Crippen molar-refractivity contribution in [2.24, 2.45) is 11.8 Å². The van der Waals surface area contributed by atoms with Crippen LogP contribution in [-0.2, 0) is 11.2 Å². The Morgan fingerprint density at radius 2 is 1.93 bits per heavy atom. The molecule has 2 rings (SSSR count). The molecule has 0 radical (unpaired) electrons. The number of benzene rings is 1. The summed E-state index contributed by atoms with van der Waals surface area (Å²) < 4.78 is 0. The van der Waals surface area contributed by atoms with Gasteiger partial charge in [-0.3, -0.25) is 0 Å². The Hall–Kier alpha value is -1.95. The van der Waals surface area contributed by atoms with Gasteiger partial charge in [-0.15, -0.1) is 0 Å². The van der Waals surface area contributed by atoms with E-state index in [1.54, 1.807) is 6.08 Å². The maximum absolute atomic E-state index is 10.4. The minimum absolute atomic E-state index is 0.0430. The number of carboxylic acid groups (broad SMARTS) is 1. The first-order valence-corrected chi connectivity index (χ1v) is 10.1.